The van der Waals surface area contributed by atoms with Gasteiger partial charge in [-0.05, 0) is 25.0 Å². The van der Waals surface area contributed by atoms with Gasteiger partial charge in [-0.1, -0.05) is 12.1 Å². The lowest BCUT2D eigenvalue weighted by molar-refractivity contribution is 0.258. The third kappa shape index (κ3) is 2.14. The number of thioether (sulfide) groups is 1. The highest BCUT2D eigenvalue weighted by Crippen LogP contribution is 2.35. The summed E-state index contributed by atoms with van der Waals surface area (Å²) >= 11 is 1.79. The number of benzene rings is 1. The number of ether oxygens (including phenoxy) is 1. The summed E-state index contributed by atoms with van der Waals surface area (Å²) in [6, 6.07) is 8.09. The van der Waals surface area contributed by atoms with Crippen LogP contribution in [-0.4, -0.2) is 35.7 Å². The van der Waals surface area contributed by atoms with Crippen molar-refractivity contribution < 1.29 is 4.74 Å². The molecule has 0 bridgehead atoms. The Balaban J connectivity index is 1.73. The Bertz CT molecular complexity index is 429. The Kier molecular flexibility index (Phi) is 2.97. The molecule has 1 atom stereocenters. The first-order valence-corrected chi connectivity index (χ1v) is 7.05. The molecule has 0 aromatic heterocycles. The standard InChI is InChI=1S/C13H16N2OS/c14-13(15-7-3-4-8-15)11-9-17-12-6-2-1-5-10(12)16-11/h1-2,5-6,11,14H,3-4,7-9H2. The molecule has 2 aliphatic heterocycles. The monoisotopic (exact) mass is 248 g/mol. The lowest BCUT2D eigenvalue weighted by Gasteiger charge is -2.30. The van der Waals surface area contributed by atoms with Gasteiger partial charge in [0.05, 0.1) is 0 Å². The Labute approximate surface area is 106 Å². The van der Waals surface area contributed by atoms with Gasteiger partial charge in [-0.15, -0.1) is 11.8 Å². The van der Waals surface area contributed by atoms with Crippen molar-refractivity contribution in [2.75, 3.05) is 18.8 Å². The number of hydrogen-bond acceptors (Lipinski definition) is 3. The van der Waals surface area contributed by atoms with Gasteiger partial charge in [-0.2, -0.15) is 0 Å². The highest BCUT2D eigenvalue weighted by atomic mass is 32.2. The van der Waals surface area contributed by atoms with Crippen molar-refractivity contribution in [3.05, 3.63) is 24.3 Å². The number of amidine groups is 1. The zero-order valence-electron chi connectivity index (χ0n) is 9.69. The van der Waals surface area contributed by atoms with Crippen LogP contribution < -0.4 is 4.74 Å². The first kappa shape index (κ1) is 11.0. The smallest absolute Gasteiger partial charge is 0.165 e. The number of hydrogen-bond donors (Lipinski definition) is 1. The fraction of sp³-hybridized carbons (Fsp3) is 0.462. The maximum absolute atomic E-state index is 8.21. The van der Waals surface area contributed by atoms with E-state index in [4.69, 9.17) is 10.1 Å². The van der Waals surface area contributed by atoms with Crippen LogP contribution in [0, 0.1) is 5.41 Å². The number of nitrogens with zero attached hydrogens (tertiary/aromatic N) is 1. The normalized spacial score (nSPS) is 23.1. The van der Waals surface area contributed by atoms with E-state index in [1.807, 2.05) is 18.2 Å². The van der Waals surface area contributed by atoms with Crippen LogP contribution in [0.15, 0.2) is 29.2 Å². The molecule has 1 saturated heterocycles. The Morgan fingerprint density at radius 2 is 2.06 bits per heavy atom. The summed E-state index contributed by atoms with van der Waals surface area (Å²) in [5.74, 6) is 2.44. The molecule has 3 nitrogen and oxygen atoms in total. The summed E-state index contributed by atoms with van der Waals surface area (Å²) in [4.78, 5) is 3.34. The Hall–Kier alpha value is -1.16. The second-order valence-electron chi connectivity index (χ2n) is 4.44. The van der Waals surface area contributed by atoms with E-state index in [0.29, 0.717) is 5.84 Å². The van der Waals surface area contributed by atoms with Gasteiger partial charge in [-0.3, -0.25) is 5.41 Å². The van der Waals surface area contributed by atoms with Gasteiger partial charge < -0.3 is 9.64 Å². The van der Waals surface area contributed by atoms with Gasteiger partial charge in [0, 0.05) is 23.7 Å². The minimum Gasteiger partial charge on any atom is -0.480 e. The fourth-order valence-electron chi connectivity index (χ4n) is 2.32. The number of para-hydroxylation sites is 1. The van der Waals surface area contributed by atoms with Gasteiger partial charge in [0.15, 0.2) is 6.10 Å². The molecule has 17 heavy (non-hydrogen) atoms. The summed E-state index contributed by atoms with van der Waals surface area (Å²) in [5.41, 5.74) is 0. The number of nitrogens with one attached hydrogen (secondary N) is 1. The number of fused-ring (bicyclic) bond motifs is 1. The van der Waals surface area contributed by atoms with Crippen LogP contribution in [0.5, 0.6) is 5.75 Å². The van der Waals surface area contributed by atoms with E-state index >= 15 is 0 Å². The molecule has 1 aromatic carbocycles. The van der Waals surface area contributed by atoms with Gasteiger partial charge in [0.2, 0.25) is 0 Å². The zero-order valence-corrected chi connectivity index (χ0v) is 10.5. The van der Waals surface area contributed by atoms with Crippen LogP contribution >= 0.6 is 11.8 Å². The molecule has 1 aromatic rings. The Morgan fingerprint density at radius 1 is 1.29 bits per heavy atom. The first-order valence-electron chi connectivity index (χ1n) is 6.06. The van der Waals surface area contributed by atoms with Crippen molar-refractivity contribution in [2.45, 2.75) is 23.8 Å². The predicted molar refractivity (Wildman–Crippen MR) is 70.1 cm³/mol. The van der Waals surface area contributed by atoms with Crippen molar-refractivity contribution >= 4 is 17.6 Å². The van der Waals surface area contributed by atoms with E-state index in [-0.39, 0.29) is 6.10 Å². The van der Waals surface area contributed by atoms with Crippen LogP contribution in [0.2, 0.25) is 0 Å². The molecular weight excluding hydrogens is 232 g/mol. The van der Waals surface area contributed by atoms with Crippen molar-refractivity contribution in [2.24, 2.45) is 0 Å². The highest BCUT2D eigenvalue weighted by molar-refractivity contribution is 7.99. The number of likely N-dealkylation sites (tertiary alicyclic amines) is 1. The SMILES string of the molecule is N=C(C1CSc2ccccc2O1)N1CCCC1. The molecule has 1 fully saturated rings. The minimum atomic E-state index is -0.0759. The molecule has 0 radical (unpaired) electrons. The average Bonchev–Trinajstić information content (AvgIpc) is 2.91. The topological polar surface area (TPSA) is 36.3 Å². The molecule has 4 heteroatoms. The molecule has 0 saturated carbocycles. The third-order valence-corrected chi connectivity index (χ3v) is 4.38. The van der Waals surface area contributed by atoms with Crippen LogP contribution in [0.1, 0.15) is 12.8 Å². The second-order valence-corrected chi connectivity index (χ2v) is 5.51. The molecule has 0 amide bonds. The zero-order chi connectivity index (χ0) is 11.7. The predicted octanol–water partition coefficient (Wildman–Crippen LogP) is 2.61. The van der Waals surface area contributed by atoms with E-state index in [9.17, 15) is 0 Å². The van der Waals surface area contributed by atoms with Crippen LogP contribution in [-0.2, 0) is 0 Å². The van der Waals surface area contributed by atoms with Crippen molar-refractivity contribution in [3.63, 3.8) is 0 Å². The first-order chi connectivity index (χ1) is 8.34. The lowest BCUT2D eigenvalue weighted by atomic mass is 10.3. The number of rotatable bonds is 1. The quantitative estimate of drug-likeness (QED) is 0.613. The van der Waals surface area contributed by atoms with Crippen LogP contribution in [0.3, 0.4) is 0 Å². The van der Waals surface area contributed by atoms with Gasteiger partial charge in [-0.25, -0.2) is 0 Å². The molecule has 2 heterocycles. The molecular formula is C13H16N2OS. The summed E-state index contributed by atoms with van der Waals surface area (Å²) in [6.07, 6.45) is 2.34. The molecule has 2 aliphatic rings. The molecule has 0 spiro atoms. The maximum Gasteiger partial charge on any atom is 0.165 e. The summed E-state index contributed by atoms with van der Waals surface area (Å²) in [5, 5.41) is 8.21. The van der Waals surface area contributed by atoms with E-state index in [0.717, 1.165) is 24.6 Å². The maximum atomic E-state index is 8.21. The molecule has 0 aliphatic carbocycles. The van der Waals surface area contributed by atoms with Gasteiger partial charge in [0.1, 0.15) is 11.6 Å². The van der Waals surface area contributed by atoms with Crippen molar-refractivity contribution in [1.29, 1.82) is 5.41 Å². The average molecular weight is 248 g/mol. The highest BCUT2D eigenvalue weighted by Gasteiger charge is 2.28. The van der Waals surface area contributed by atoms with Crippen LogP contribution in [0.4, 0.5) is 0 Å². The third-order valence-electron chi connectivity index (χ3n) is 3.26. The second kappa shape index (κ2) is 4.61. The minimum absolute atomic E-state index is 0.0759. The van der Waals surface area contributed by atoms with E-state index in [1.165, 1.54) is 17.7 Å². The van der Waals surface area contributed by atoms with E-state index in [1.54, 1.807) is 11.8 Å². The fourth-order valence-corrected chi connectivity index (χ4v) is 3.31. The molecule has 1 unspecified atom stereocenters. The van der Waals surface area contributed by atoms with Crippen molar-refractivity contribution in [1.82, 2.24) is 4.90 Å². The van der Waals surface area contributed by atoms with Gasteiger partial charge >= 0.3 is 0 Å². The van der Waals surface area contributed by atoms with Crippen molar-refractivity contribution in [3.8, 4) is 5.75 Å². The summed E-state index contributed by atoms with van der Waals surface area (Å²) in [6.45, 7) is 2.04. The van der Waals surface area contributed by atoms with E-state index in [2.05, 4.69) is 11.0 Å². The summed E-state index contributed by atoms with van der Waals surface area (Å²) < 4.78 is 5.92. The lowest BCUT2D eigenvalue weighted by Crippen LogP contribution is -2.42. The largest absolute Gasteiger partial charge is 0.480 e. The van der Waals surface area contributed by atoms with Crippen LogP contribution in [0.25, 0.3) is 0 Å². The molecule has 1 N–H and O–H groups in total. The van der Waals surface area contributed by atoms with E-state index < -0.39 is 0 Å². The molecule has 90 valence electrons. The van der Waals surface area contributed by atoms with Gasteiger partial charge in [0.25, 0.3) is 0 Å². The summed E-state index contributed by atoms with van der Waals surface area (Å²) in [7, 11) is 0. The molecule has 3 rings (SSSR count). The Morgan fingerprint density at radius 3 is 2.88 bits per heavy atom.